The fourth-order valence-electron chi connectivity index (χ4n) is 5.50. The average molecular weight is 467 g/mol. The van der Waals surface area contributed by atoms with Crippen LogP contribution in [0.2, 0.25) is 0 Å². The highest BCUT2D eigenvalue weighted by Crippen LogP contribution is 2.40. The third-order valence-electron chi connectivity index (χ3n) is 7.39. The molecule has 0 saturated heterocycles. The smallest absolute Gasteiger partial charge is 0.323 e. The number of carbonyl (C=O) groups is 2. The van der Waals surface area contributed by atoms with Crippen LogP contribution in [-0.2, 0) is 29.0 Å². The molecule has 0 radical (unpaired) electrons. The molecule has 2 N–H and O–H groups in total. The van der Waals surface area contributed by atoms with Gasteiger partial charge in [-0.2, -0.15) is 0 Å². The van der Waals surface area contributed by atoms with E-state index in [2.05, 4.69) is 29.6 Å². The molecule has 1 aromatic heterocycles. The molecule has 35 heavy (non-hydrogen) atoms. The minimum Gasteiger partial charge on any atom is -0.480 e. The highest BCUT2D eigenvalue weighted by molar-refractivity contribution is 5.89. The quantitative estimate of drug-likeness (QED) is 0.395. The summed E-state index contributed by atoms with van der Waals surface area (Å²) in [6.45, 7) is 2.50. The lowest BCUT2D eigenvalue weighted by Gasteiger charge is -2.33. The predicted octanol–water partition coefficient (Wildman–Crippen LogP) is 5.17. The van der Waals surface area contributed by atoms with Crippen LogP contribution >= 0.6 is 0 Å². The van der Waals surface area contributed by atoms with Gasteiger partial charge in [-0.05, 0) is 42.0 Å². The Kier molecular flexibility index (Phi) is 6.16. The van der Waals surface area contributed by atoms with Crippen LogP contribution in [0, 0.1) is 5.41 Å². The summed E-state index contributed by atoms with van der Waals surface area (Å²) in [7, 11) is 0. The van der Waals surface area contributed by atoms with Crippen molar-refractivity contribution in [1.29, 1.82) is 0 Å². The van der Waals surface area contributed by atoms with Gasteiger partial charge in [0, 0.05) is 29.1 Å². The van der Waals surface area contributed by atoms with Crippen molar-refractivity contribution < 1.29 is 14.7 Å². The molecule has 0 saturated carbocycles. The summed E-state index contributed by atoms with van der Waals surface area (Å²) in [5.74, 6) is -0.732. The fourth-order valence-corrected chi connectivity index (χ4v) is 5.50. The molecule has 1 amide bonds. The van der Waals surface area contributed by atoms with Crippen molar-refractivity contribution >= 4 is 22.8 Å². The summed E-state index contributed by atoms with van der Waals surface area (Å²) in [6, 6.07) is 28.5. The first-order chi connectivity index (χ1) is 17.0. The maximum Gasteiger partial charge on any atom is 0.323 e. The van der Waals surface area contributed by atoms with Gasteiger partial charge < -0.3 is 15.0 Å². The number of para-hydroxylation sites is 1. The van der Waals surface area contributed by atoms with E-state index in [1.807, 2.05) is 72.2 Å². The van der Waals surface area contributed by atoms with Crippen LogP contribution in [0.25, 0.3) is 10.9 Å². The Bertz CT molecular complexity index is 1320. The highest BCUT2D eigenvalue weighted by Gasteiger charge is 2.39. The maximum absolute atomic E-state index is 13.6. The van der Waals surface area contributed by atoms with Gasteiger partial charge in [0.15, 0.2) is 0 Å². The molecule has 5 heteroatoms. The number of nitrogens with one attached hydrogen (secondary N) is 1. The van der Waals surface area contributed by atoms with E-state index in [0.717, 1.165) is 22.2 Å². The number of carbonyl (C=O) groups excluding carboxylic acids is 1. The van der Waals surface area contributed by atoms with Crippen LogP contribution < -0.4 is 5.32 Å². The van der Waals surface area contributed by atoms with E-state index in [0.29, 0.717) is 25.8 Å². The first kappa shape index (κ1) is 22.9. The van der Waals surface area contributed by atoms with Gasteiger partial charge >= 0.3 is 5.97 Å². The van der Waals surface area contributed by atoms with Crippen molar-refractivity contribution in [2.75, 3.05) is 6.54 Å². The van der Waals surface area contributed by atoms with Crippen molar-refractivity contribution in [3.63, 3.8) is 0 Å². The number of rotatable bonds is 7. The van der Waals surface area contributed by atoms with E-state index < -0.39 is 11.4 Å². The number of amides is 1. The molecule has 0 aliphatic heterocycles. The van der Waals surface area contributed by atoms with Gasteiger partial charge in [-0.15, -0.1) is 0 Å². The molecule has 5 rings (SSSR count). The number of nitrogens with zero attached hydrogens (tertiary/aromatic N) is 1. The van der Waals surface area contributed by atoms with Crippen LogP contribution in [-0.4, -0.2) is 28.1 Å². The van der Waals surface area contributed by atoms with E-state index >= 15 is 0 Å². The Morgan fingerprint density at radius 3 is 2.17 bits per heavy atom. The Labute approximate surface area is 205 Å². The van der Waals surface area contributed by atoms with E-state index in [4.69, 9.17) is 0 Å². The molecule has 0 fully saturated rings. The Morgan fingerprint density at radius 2 is 1.54 bits per heavy atom. The number of aliphatic carboxylic acids is 1. The van der Waals surface area contributed by atoms with Gasteiger partial charge in [0.05, 0.1) is 5.41 Å². The van der Waals surface area contributed by atoms with Crippen molar-refractivity contribution in [2.45, 2.75) is 38.6 Å². The zero-order valence-electron chi connectivity index (χ0n) is 19.9. The zero-order chi connectivity index (χ0) is 24.4. The Morgan fingerprint density at radius 1 is 0.943 bits per heavy atom. The Balaban J connectivity index is 1.40. The molecular weight excluding hydrogens is 436 g/mol. The third-order valence-corrected chi connectivity index (χ3v) is 7.39. The van der Waals surface area contributed by atoms with Gasteiger partial charge in [0.25, 0.3) is 0 Å². The van der Waals surface area contributed by atoms with Crippen LogP contribution in [0.4, 0.5) is 0 Å². The molecule has 178 valence electrons. The van der Waals surface area contributed by atoms with Crippen LogP contribution in [0.15, 0.2) is 84.9 Å². The first-order valence-electron chi connectivity index (χ1n) is 12.2. The summed E-state index contributed by atoms with van der Waals surface area (Å²) >= 11 is 0. The topological polar surface area (TPSA) is 71.3 Å². The van der Waals surface area contributed by atoms with Crippen molar-refractivity contribution in [3.8, 4) is 0 Å². The van der Waals surface area contributed by atoms with Crippen molar-refractivity contribution in [1.82, 2.24) is 9.88 Å². The molecule has 4 aromatic rings. The maximum atomic E-state index is 13.6. The number of hydrogen-bond donors (Lipinski definition) is 2. The minimum absolute atomic E-state index is 0.0510. The van der Waals surface area contributed by atoms with Crippen molar-refractivity contribution in [3.05, 3.63) is 107 Å². The molecular formula is C30H30N2O3. The Hall–Kier alpha value is -3.86. The molecule has 5 nitrogen and oxygen atoms in total. The van der Waals surface area contributed by atoms with Crippen LogP contribution in [0.5, 0.6) is 0 Å². The number of aromatic nitrogens is 1. The molecule has 1 atom stereocenters. The van der Waals surface area contributed by atoms with Gasteiger partial charge in [0.1, 0.15) is 6.54 Å². The molecule has 3 aromatic carbocycles. The van der Waals surface area contributed by atoms with Gasteiger partial charge in [-0.1, -0.05) is 85.8 Å². The third kappa shape index (κ3) is 4.46. The lowest BCUT2D eigenvalue weighted by Crippen LogP contribution is -2.44. The number of benzene rings is 3. The van der Waals surface area contributed by atoms with Gasteiger partial charge in [-0.25, -0.2) is 0 Å². The van der Waals surface area contributed by atoms with E-state index in [1.54, 1.807) is 0 Å². The first-order valence-corrected chi connectivity index (χ1v) is 12.2. The summed E-state index contributed by atoms with van der Waals surface area (Å²) in [6.07, 6.45) is 1.97. The fraction of sp³-hybridized carbons (Fsp3) is 0.267. The van der Waals surface area contributed by atoms with Crippen molar-refractivity contribution in [2.24, 2.45) is 5.41 Å². The highest BCUT2D eigenvalue weighted by atomic mass is 16.4. The lowest BCUT2D eigenvalue weighted by molar-refractivity contribution is -0.137. The van der Waals surface area contributed by atoms with E-state index in [-0.39, 0.29) is 18.4 Å². The van der Waals surface area contributed by atoms with E-state index in [9.17, 15) is 14.7 Å². The molecule has 1 unspecified atom stereocenters. The minimum atomic E-state index is -0.854. The number of fused-ring (bicyclic) bond motifs is 3. The van der Waals surface area contributed by atoms with Gasteiger partial charge in [-0.3, -0.25) is 9.59 Å². The molecule has 0 bridgehead atoms. The monoisotopic (exact) mass is 466 g/mol. The van der Waals surface area contributed by atoms with Gasteiger partial charge in [0.2, 0.25) is 5.91 Å². The second-order valence-corrected chi connectivity index (χ2v) is 9.74. The standard InChI is InChI=1S/C30H30N2O3/c1-30(17-16-27-24(18-30)23-14-8-9-15-26(23)32(27)20-28(33)34)29(35)31-19-25(21-10-4-2-5-11-21)22-12-6-3-7-13-22/h2-15,25H,16-20H2,1H3,(H,31,35)(H,33,34). The summed E-state index contributed by atoms with van der Waals surface area (Å²) in [4.78, 5) is 25.1. The molecule has 1 heterocycles. The normalized spacial score (nSPS) is 17.3. The second kappa shape index (κ2) is 9.41. The number of hydrogen-bond acceptors (Lipinski definition) is 2. The zero-order valence-corrected chi connectivity index (χ0v) is 19.9. The number of carboxylic acid groups (broad SMARTS) is 1. The van der Waals surface area contributed by atoms with Crippen LogP contribution in [0.3, 0.4) is 0 Å². The molecule has 1 aliphatic carbocycles. The molecule has 0 spiro atoms. The molecule has 1 aliphatic rings. The average Bonchev–Trinajstić information content (AvgIpc) is 3.17. The lowest BCUT2D eigenvalue weighted by atomic mass is 9.73. The predicted molar refractivity (Wildman–Crippen MR) is 137 cm³/mol. The largest absolute Gasteiger partial charge is 0.480 e. The summed E-state index contributed by atoms with van der Waals surface area (Å²) in [5.41, 5.74) is 4.87. The summed E-state index contributed by atoms with van der Waals surface area (Å²) in [5, 5.41) is 13.8. The SMILES string of the molecule is CC1(C(=O)NCC(c2ccccc2)c2ccccc2)CCc2c(c3ccccc3n2CC(=O)O)C1. The summed E-state index contributed by atoms with van der Waals surface area (Å²) < 4.78 is 1.91. The number of carboxylic acids is 1. The second-order valence-electron chi connectivity index (χ2n) is 9.74. The van der Waals surface area contributed by atoms with Crippen LogP contribution in [0.1, 0.15) is 41.6 Å². The van der Waals surface area contributed by atoms with E-state index in [1.165, 1.54) is 11.1 Å².